The summed E-state index contributed by atoms with van der Waals surface area (Å²) in [6.07, 6.45) is 1.35. The minimum atomic E-state index is -0.312. The van der Waals surface area contributed by atoms with Crippen molar-refractivity contribution in [1.82, 2.24) is 5.43 Å². The number of hydrogen-bond donors (Lipinski definition) is 3. The first-order chi connectivity index (χ1) is 12.1. The molecule has 0 unspecified atom stereocenters. The zero-order chi connectivity index (χ0) is 18.1. The highest BCUT2D eigenvalue weighted by molar-refractivity contribution is 5.87. The van der Waals surface area contributed by atoms with E-state index in [1.807, 2.05) is 31.2 Å². The summed E-state index contributed by atoms with van der Waals surface area (Å²) >= 11 is 0. The number of para-hydroxylation sites is 1. The fourth-order valence-corrected chi connectivity index (χ4v) is 2.04. The number of phenolic OH excluding ortho intramolecular Hbond substituents is 1. The Morgan fingerprint density at radius 1 is 1.24 bits per heavy atom. The molecule has 2 aromatic rings. The van der Waals surface area contributed by atoms with Crippen molar-refractivity contribution in [2.75, 3.05) is 25.6 Å². The van der Waals surface area contributed by atoms with Gasteiger partial charge in [0.2, 0.25) is 0 Å². The number of methoxy groups -OCH3 is 1. The largest absolute Gasteiger partial charge is 0.504 e. The molecule has 0 saturated heterocycles. The Morgan fingerprint density at radius 3 is 2.68 bits per heavy atom. The predicted octanol–water partition coefficient (Wildman–Crippen LogP) is 2.36. The van der Waals surface area contributed by atoms with Gasteiger partial charge in [-0.15, -0.1) is 0 Å². The van der Waals surface area contributed by atoms with Crippen molar-refractivity contribution in [1.29, 1.82) is 0 Å². The second-order valence-corrected chi connectivity index (χ2v) is 5.00. The number of nitrogens with one attached hydrogen (secondary N) is 2. The van der Waals surface area contributed by atoms with Gasteiger partial charge in [-0.3, -0.25) is 4.79 Å². The molecule has 0 bridgehead atoms. The van der Waals surface area contributed by atoms with E-state index >= 15 is 0 Å². The first-order valence-electron chi connectivity index (χ1n) is 7.78. The molecule has 132 valence electrons. The summed E-state index contributed by atoms with van der Waals surface area (Å²) in [7, 11) is 1.46. The molecular formula is C18H21N3O4. The molecule has 0 heterocycles. The number of aromatic hydroxyl groups is 1. The Hall–Kier alpha value is -3.22. The number of carbonyl (C=O) groups is 1. The number of amides is 1. The molecule has 0 aromatic heterocycles. The van der Waals surface area contributed by atoms with Crippen LogP contribution in [-0.2, 0) is 4.79 Å². The highest BCUT2D eigenvalue weighted by Crippen LogP contribution is 2.27. The standard InChI is InChI=1S/C18H21N3O4/c1-3-25-15-9-7-14(8-10-15)19-12-17(22)21-20-11-13-5-4-6-16(24-2)18(13)23/h4-11,19,23H,3,12H2,1-2H3,(H,21,22). The van der Waals surface area contributed by atoms with Gasteiger partial charge in [-0.25, -0.2) is 5.43 Å². The van der Waals surface area contributed by atoms with Gasteiger partial charge >= 0.3 is 0 Å². The third-order valence-corrected chi connectivity index (χ3v) is 3.26. The van der Waals surface area contributed by atoms with Crippen molar-refractivity contribution in [3.8, 4) is 17.2 Å². The summed E-state index contributed by atoms with van der Waals surface area (Å²) in [6, 6.07) is 12.3. The third kappa shape index (κ3) is 5.42. The maximum atomic E-state index is 11.8. The van der Waals surface area contributed by atoms with Crippen LogP contribution in [0, 0.1) is 0 Å². The lowest BCUT2D eigenvalue weighted by molar-refractivity contribution is -0.119. The fourth-order valence-electron chi connectivity index (χ4n) is 2.04. The van der Waals surface area contributed by atoms with E-state index in [2.05, 4.69) is 15.8 Å². The van der Waals surface area contributed by atoms with Gasteiger partial charge in [0, 0.05) is 11.3 Å². The summed E-state index contributed by atoms with van der Waals surface area (Å²) in [5, 5.41) is 16.7. The molecule has 2 rings (SSSR count). The van der Waals surface area contributed by atoms with Crippen LogP contribution in [0.1, 0.15) is 12.5 Å². The zero-order valence-electron chi connectivity index (χ0n) is 14.2. The molecule has 1 amide bonds. The molecule has 0 atom stereocenters. The number of ether oxygens (including phenoxy) is 2. The van der Waals surface area contributed by atoms with E-state index in [0.29, 0.717) is 17.9 Å². The lowest BCUT2D eigenvalue weighted by atomic mass is 10.2. The normalized spacial score (nSPS) is 10.5. The van der Waals surface area contributed by atoms with E-state index in [4.69, 9.17) is 9.47 Å². The Morgan fingerprint density at radius 2 is 2.00 bits per heavy atom. The molecule has 0 saturated carbocycles. The van der Waals surface area contributed by atoms with Gasteiger partial charge in [-0.2, -0.15) is 5.10 Å². The van der Waals surface area contributed by atoms with Crippen LogP contribution < -0.4 is 20.2 Å². The third-order valence-electron chi connectivity index (χ3n) is 3.26. The van der Waals surface area contributed by atoms with Crippen LogP contribution in [0.25, 0.3) is 0 Å². The van der Waals surface area contributed by atoms with Crippen LogP contribution in [0.4, 0.5) is 5.69 Å². The zero-order valence-corrected chi connectivity index (χ0v) is 14.2. The van der Waals surface area contributed by atoms with E-state index in [9.17, 15) is 9.90 Å². The molecule has 0 aliphatic carbocycles. The number of benzene rings is 2. The number of anilines is 1. The molecule has 25 heavy (non-hydrogen) atoms. The van der Waals surface area contributed by atoms with Crippen LogP contribution >= 0.6 is 0 Å². The summed E-state index contributed by atoms with van der Waals surface area (Å²) in [4.78, 5) is 11.8. The van der Waals surface area contributed by atoms with Gasteiger partial charge in [0.1, 0.15) is 5.75 Å². The van der Waals surface area contributed by atoms with Crippen LogP contribution in [0.15, 0.2) is 47.6 Å². The number of nitrogens with zero attached hydrogens (tertiary/aromatic N) is 1. The van der Waals surface area contributed by atoms with Crippen molar-refractivity contribution in [3.05, 3.63) is 48.0 Å². The minimum absolute atomic E-state index is 0.0319. The van der Waals surface area contributed by atoms with Crippen molar-refractivity contribution in [3.63, 3.8) is 0 Å². The number of phenols is 1. The SMILES string of the molecule is CCOc1ccc(NCC(=O)NN=Cc2cccc(OC)c2O)cc1. The fraction of sp³-hybridized carbons (Fsp3) is 0.222. The van der Waals surface area contributed by atoms with Gasteiger partial charge in [0.05, 0.1) is 26.5 Å². The topological polar surface area (TPSA) is 92.2 Å². The Kier molecular flexibility index (Phi) is 6.65. The van der Waals surface area contributed by atoms with Crippen LogP contribution in [0.5, 0.6) is 17.2 Å². The number of hydrazone groups is 1. The highest BCUT2D eigenvalue weighted by atomic mass is 16.5. The van der Waals surface area contributed by atoms with Crippen LogP contribution in [-0.4, -0.2) is 37.5 Å². The van der Waals surface area contributed by atoms with E-state index < -0.39 is 0 Å². The lowest BCUT2D eigenvalue weighted by Crippen LogP contribution is -2.25. The molecule has 7 nitrogen and oxygen atoms in total. The average Bonchev–Trinajstić information content (AvgIpc) is 2.63. The molecule has 0 radical (unpaired) electrons. The Bertz CT molecular complexity index is 730. The molecule has 0 aliphatic heterocycles. The monoisotopic (exact) mass is 343 g/mol. The minimum Gasteiger partial charge on any atom is -0.504 e. The smallest absolute Gasteiger partial charge is 0.259 e. The van der Waals surface area contributed by atoms with Crippen LogP contribution in [0.2, 0.25) is 0 Å². The van der Waals surface area contributed by atoms with Gasteiger partial charge in [0.15, 0.2) is 11.5 Å². The highest BCUT2D eigenvalue weighted by Gasteiger charge is 2.05. The average molecular weight is 343 g/mol. The second-order valence-electron chi connectivity index (χ2n) is 5.00. The summed E-state index contributed by atoms with van der Waals surface area (Å²) in [6.45, 7) is 2.59. The molecular weight excluding hydrogens is 322 g/mol. The van der Waals surface area contributed by atoms with E-state index in [1.165, 1.54) is 13.3 Å². The van der Waals surface area contributed by atoms with Crippen molar-refractivity contribution >= 4 is 17.8 Å². The molecule has 0 spiro atoms. The Labute approximate surface area is 146 Å². The van der Waals surface area contributed by atoms with E-state index in [0.717, 1.165) is 11.4 Å². The van der Waals surface area contributed by atoms with Crippen molar-refractivity contribution in [2.45, 2.75) is 6.92 Å². The number of carbonyl (C=O) groups excluding carboxylic acids is 1. The van der Waals surface area contributed by atoms with Crippen molar-refractivity contribution in [2.24, 2.45) is 5.10 Å². The second kappa shape index (κ2) is 9.17. The predicted molar refractivity (Wildman–Crippen MR) is 96.5 cm³/mol. The van der Waals surface area contributed by atoms with E-state index in [1.54, 1.807) is 18.2 Å². The van der Waals surface area contributed by atoms with Crippen LogP contribution in [0.3, 0.4) is 0 Å². The van der Waals surface area contributed by atoms with Gasteiger partial charge in [-0.1, -0.05) is 6.07 Å². The lowest BCUT2D eigenvalue weighted by Gasteiger charge is -2.07. The van der Waals surface area contributed by atoms with Gasteiger partial charge in [-0.05, 0) is 43.3 Å². The summed E-state index contributed by atoms with van der Waals surface area (Å²) in [5.74, 6) is 0.774. The number of hydrogen-bond acceptors (Lipinski definition) is 6. The van der Waals surface area contributed by atoms with Gasteiger partial charge < -0.3 is 19.9 Å². The maximum absolute atomic E-state index is 11.8. The summed E-state index contributed by atoms with van der Waals surface area (Å²) < 4.78 is 10.4. The molecule has 3 N–H and O–H groups in total. The van der Waals surface area contributed by atoms with Crippen molar-refractivity contribution < 1.29 is 19.4 Å². The first kappa shape index (κ1) is 18.1. The summed E-state index contributed by atoms with van der Waals surface area (Å²) in [5.41, 5.74) is 3.63. The molecule has 0 aliphatic rings. The first-order valence-corrected chi connectivity index (χ1v) is 7.78. The van der Waals surface area contributed by atoms with E-state index in [-0.39, 0.29) is 18.2 Å². The molecule has 7 heteroatoms. The Balaban J connectivity index is 1.82. The van der Waals surface area contributed by atoms with Gasteiger partial charge in [0.25, 0.3) is 5.91 Å². The molecule has 0 fully saturated rings. The quantitative estimate of drug-likeness (QED) is 0.505. The number of rotatable bonds is 8. The maximum Gasteiger partial charge on any atom is 0.259 e. The molecule has 2 aromatic carbocycles.